The fourth-order valence-corrected chi connectivity index (χ4v) is 10.1. The molecule has 0 spiro atoms. The van der Waals surface area contributed by atoms with E-state index in [4.69, 9.17) is 14.2 Å². The Morgan fingerprint density at radius 3 is 2.33 bits per heavy atom. The number of cyclic esters (lactones) is 1. The molecule has 6 rings (SSSR count). The molecule has 0 radical (unpaired) electrons. The Morgan fingerprint density at radius 1 is 0.905 bits per heavy atom. The van der Waals surface area contributed by atoms with Crippen LogP contribution in [0.2, 0.25) is 0 Å². The average Bonchev–Trinajstić information content (AvgIpc) is 3.26. The molecule has 1 heterocycles. The fourth-order valence-electron chi connectivity index (χ4n) is 10.1. The summed E-state index contributed by atoms with van der Waals surface area (Å²) in [6.07, 6.45) is 8.94. The van der Waals surface area contributed by atoms with E-state index in [1.807, 2.05) is 36.4 Å². The number of fused-ring (bicyclic) bond motifs is 5. The molecule has 1 aromatic rings. The molecular formula is C34H44O8. The number of carbonyl (C=O) groups excluding carboxylic acids is 3. The van der Waals surface area contributed by atoms with Crippen molar-refractivity contribution in [2.24, 2.45) is 34.0 Å². The molecule has 1 unspecified atom stereocenters. The van der Waals surface area contributed by atoms with E-state index < -0.39 is 34.7 Å². The van der Waals surface area contributed by atoms with Gasteiger partial charge >= 0.3 is 17.9 Å². The number of benzene rings is 1. The molecule has 0 saturated heterocycles. The number of hydrogen-bond donors (Lipinski definition) is 2. The third kappa shape index (κ3) is 4.43. The van der Waals surface area contributed by atoms with Gasteiger partial charge in [0.25, 0.3) is 0 Å². The van der Waals surface area contributed by atoms with Crippen molar-refractivity contribution in [1.29, 1.82) is 0 Å². The van der Waals surface area contributed by atoms with E-state index in [1.165, 1.54) is 6.08 Å². The summed E-state index contributed by atoms with van der Waals surface area (Å²) in [5.74, 6) is -1.98. The highest BCUT2D eigenvalue weighted by atomic mass is 16.6. The number of rotatable bonds is 4. The van der Waals surface area contributed by atoms with Gasteiger partial charge in [0.15, 0.2) is 0 Å². The van der Waals surface area contributed by atoms with Crippen LogP contribution < -0.4 is 0 Å². The number of ether oxygens (including phenoxy) is 3. The van der Waals surface area contributed by atoms with Crippen molar-refractivity contribution in [2.45, 2.75) is 102 Å². The summed E-state index contributed by atoms with van der Waals surface area (Å²) >= 11 is 0. The summed E-state index contributed by atoms with van der Waals surface area (Å²) in [7, 11) is 0. The van der Waals surface area contributed by atoms with Crippen LogP contribution in [0.25, 0.3) is 0 Å². The van der Waals surface area contributed by atoms with Crippen LogP contribution >= 0.6 is 0 Å². The molecule has 228 valence electrons. The molecule has 1 aromatic carbocycles. The topological polar surface area (TPSA) is 119 Å². The van der Waals surface area contributed by atoms with Crippen LogP contribution in [0.3, 0.4) is 0 Å². The predicted molar refractivity (Wildman–Crippen MR) is 152 cm³/mol. The van der Waals surface area contributed by atoms with Gasteiger partial charge < -0.3 is 24.4 Å². The van der Waals surface area contributed by atoms with E-state index >= 15 is 0 Å². The van der Waals surface area contributed by atoms with Gasteiger partial charge in [0.05, 0.1) is 11.2 Å². The van der Waals surface area contributed by atoms with Crippen LogP contribution in [-0.4, -0.2) is 52.0 Å². The highest BCUT2D eigenvalue weighted by Gasteiger charge is 2.71. The number of aliphatic hydroxyl groups is 2. The molecule has 2 N–H and O–H groups in total. The minimum atomic E-state index is -1.06. The first kappa shape index (κ1) is 29.4. The summed E-state index contributed by atoms with van der Waals surface area (Å²) in [6, 6.07) is 9.15. The fraction of sp³-hybridized carbons (Fsp3) is 0.676. The minimum Gasteiger partial charge on any atom is -0.462 e. The summed E-state index contributed by atoms with van der Waals surface area (Å²) in [5, 5.41) is 24.7. The highest BCUT2D eigenvalue weighted by Crippen LogP contribution is 2.71. The summed E-state index contributed by atoms with van der Waals surface area (Å²) in [5.41, 5.74) is -2.22. The van der Waals surface area contributed by atoms with Crippen molar-refractivity contribution in [2.75, 3.05) is 6.61 Å². The number of carbonyl (C=O) groups is 3. The molecule has 4 saturated carbocycles. The molecule has 8 nitrogen and oxygen atoms in total. The molecule has 5 aliphatic rings. The second kappa shape index (κ2) is 10.2. The zero-order valence-corrected chi connectivity index (χ0v) is 25.0. The van der Waals surface area contributed by atoms with Gasteiger partial charge in [0.1, 0.15) is 19.3 Å². The number of esters is 3. The van der Waals surface area contributed by atoms with E-state index in [1.54, 1.807) is 0 Å². The molecule has 42 heavy (non-hydrogen) atoms. The minimum absolute atomic E-state index is 0.00616. The van der Waals surface area contributed by atoms with Gasteiger partial charge in [-0.15, -0.1) is 0 Å². The van der Waals surface area contributed by atoms with E-state index in [0.717, 1.165) is 24.8 Å². The van der Waals surface area contributed by atoms with E-state index in [2.05, 4.69) is 20.8 Å². The Morgan fingerprint density at radius 2 is 1.62 bits per heavy atom. The van der Waals surface area contributed by atoms with E-state index in [-0.39, 0.29) is 47.6 Å². The molecule has 8 heteroatoms. The first-order valence-corrected chi connectivity index (χ1v) is 15.6. The number of hydrogen-bond acceptors (Lipinski definition) is 8. The molecule has 4 fully saturated rings. The second-order valence-electron chi connectivity index (χ2n) is 14.5. The largest absolute Gasteiger partial charge is 0.462 e. The Hall–Kier alpha value is -2.71. The lowest BCUT2D eigenvalue weighted by Gasteiger charge is -2.66. The first-order chi connectivity index (χ1) is 19.8. The predicted octanol–water partition coefficient (Wildman–Crippen LogP) is 4.65. The van der Waals surface area contributed by atoms with Gasteiger partial charge in [-0.2, -0.15) is 0 Å². The summed E-state index contributed by atoms with van der Waals surface area (Å²) in [4.78, 5) is 36.7. The lowest BCUT2D eigenvalue weighted by atomic mass is 9.41. The molecule has 0 amide bonds. The first-order valence-electron chi connectivity index (χ1n) is 15.6. The maximum absolute atomic E-state index is 12.6. The van der Waals surface area contributed by atoms with Crippen LogP contribution in [0.5, 0.6) is 0 Å². The van der Waals surface area contributed by atoms with Crippen molar-refractivity contribution in [1.82, 2.24) is 0 Å². The van der Waals surface area contributed by atoms with Crippen molar-refractivity contribution < 1.29 is 38.8 Å². The highest BCUT2D eigenvalue weighted by molar-refractivity contribution is 6.29. The van der Waals surface area contributed by atoms with Crippen molar-refractivity contribution in [3.63, 3.8) is 0 Å². The van der Waals surface area contributed by atoms with Crippen LogP contribution in [0.4, 0.5) is 0 Å². The quantitative estimate of drug-likeness (QED) is 0.300. The maximum Gasteiger partial charge on any atom is 0.417 e. The molecular weight excluding hydrogens is 536 g/mol. The molecule has 9 atom stereocenters. The van der Waals surface area contributed by atoms with Gasteiger partial charge in [-0.1, -0.05) is 57.2 Å². The van der Waals surface area contributed by atoms with E-state index in [9.17, 15) is 24.6 Å². The third-order valence-electron chi connectivity index (χ3n) is 12.5. The van der Waals surface area contributed by atoms with Crippen LogP contribution in [0.15, 0.2) is 42.5 Å². The second-order valence-corrected chi connectivity index (χ2v) is 14.5. The van der Waals surface area contributed by atoms with Crippen LogP contribution in [0, 0.1) is 34.0 Å². The smallest absolute Gasteiger partial charge is 0.417 e. The SMILES string of the molecule is CC1([C@H]2CC[C@]3(O)[C@@H]4CC[C@]5(O)C[C@@H](OC(=O)C(=O)OCc6ccccc6)CC[C@]5(C)[C@H]4CC[C@]23C)C=CC(=O)OC1. The Labute approximate surface area is 247 Å². The van der Waals surface area contributed by atoms with Crippen LogP contribution in [0.1, 0.15) is 84.1 Å². The lowest BCUT2D eigenvalue weighted by Crippen LogP contribution is -2.68. The maximum atomic E-state index is 12.6. The standard InChI is InChI=1S/C34H44O8/c1-30(14-13-27(35)41-21-30)26-12-18-34(39)25-11-17-33(38)19-23(9-15-31(33,2)24(25)10-16-32(26,34)3)42-29(37)28(36)40-20-22-7-5-4-6-8-22/h4-8,13-14,23-26,38-39H,9-12,15-21H2,1-3H3/t23-,24-,25+,26+,30?,31+,32+,33-,34-/m0/s1. The zero-order valence-electron chi connectivity index (χ0n) is 25.0. The molecule has 0 bridgehead atoms. The normalized spacial score (nSPS) is 44.3. The van der Waals surface area contributed by atoms with Gasteiger partial charge in [-0.3, -0.25) is 0 Å². The lowest BCUT2D eigenvalue weighted by molar-refractivity contribution is -0.260. The Kier molecular flexibility index (Phi) is 7.12. The Bertz CT molecular complexity index is 1280. The zero-order chi connectivity index (χ0) is 30.0. The molecule has 4 aliphatic carbocycles. The van der Waals surface area contributed by atoms with Crippen molar-refractivity contribution in [3.8, 4) is 0 Å². The van der Waals surface area contributed by atoms with Gasteiger partial charge in [-0.05, 0) is 80.1 Å². The van der Waals surface area contributed by atoms with Gasteiger partial charge in [-0.25, -0.2) is 14.4 Å². The average molecular weight is 581 g/mol. The Balaban J connectivity index is 1.14. The monoisotopic (exact) mass is 580 g/mol. The van der Waals surface area contributed by atoms with Crippen molar-refractivity contribution in [3.05, 3.63) is 48.0 Å². The van der Waals surface area contributed by atoms with Gasteiger partial charge in [0.2, 0.25) is 0 Å². The summed E-state index contributed by atoms with van der Waals surface area (Å²) in [6.45, 7) is 6.86. The molecule has 1 aliphatic heterocycles. The third-order valence-corrected chi connectivity index (χ3v) is 12.5. The molecule has 0 aromatic heterocycles. The summed E-state index contributed by atoms with van der Waals surface area (Å²) < 4.78 is 16.2. The van der Waals surface area contributed by atoms with Crippen molar-refractivity contribution >= 4 is 17.9 Å². The van der Waals surface area contributed by atoms with E-state index in [0.29, 0.717) is 38.7 Å². The van der Waals surface area contributed by atoms with Gasteiger partial charge in [0, 0.05) is 23.3 Å². The van der Waals surface area contributed by atoms with Crippen LogP contribution in [-0.2, 0) is 35.2 Å².